The first-order valence-electron chi connectivity index (χ1n) is 30.6. The summed E-state index contributed by atoms with van der Waals surface area (Å²) in [5.74, 6) is 1.67. The third kappa shape index (κ3) is 55.3. The van der Waals surface area contributed by atoms with Crippen LogP contribution < -0.4 is 0 Å². The number of unbranched alkanes of at least 4 members (excludes halogenated alkanes) is 38. The van der Waals surface area contributed by atoms with E-state index in [9.17, 15) is 14.4 Å². The van der Waals surface area contributed by atoms with Crippen LogP contribution in [-0.2, 0) is 28.6 Å². The van der Waals surface area contributed by atoms with Crippen molar-refractivity contribution in [2.75, 3.05) is 13.2 Å². The monoisotopic (exact) mass is 961 g/mol. The summed E-state index contributed by atoms with van der Waals surface area (Å²) in [7, 11) is 0. The summed E-state index contributed by atoms with van der Waals surface area (Å²) in [5.41, 5.74) is 0. The molecule has 0 rings (SSSR count). The fourth-order valence-corrected chi connectivity index (χ4v) is 9.53. The lowest BCUT2D eigenvalue weighted by atomic mass is 10.0. The molecule has 0 saturated heterocycles. The number of ether oxygens (including phenoxy) is 3. The summed E-state index contributed by atoms with van der Waals surface area (Å²) in [6.07, 6.45) is 56.8. The van der Waals surface area contributed by atoms with Crippen LogP contribution in [0.4, 0.5) is 0 Å². The van der Waals surface area contributed by atoms with Gasteiger partial charge in [0.05, 0.1) is 0 Å². The Morgan fingerprint density at radius 1 is 0.250 bits per heavy atom. The summed E-state index contributed by atoms with van der Waals surface area (Å²) in [6, 6.07) is 0. The second kappa shape index (κ2) is 53.2. The van der Waals surface area contributed by atoms with Gasteiger partial charge >= 0.3 is 17.9 Å². The normalized spacial score (nSPS) is 12.1. The van der Waals surface area contributed by atoms with Crippen molar-refractivity contribution in [3.05, 3.63) is 0 Å². The molecule has 0 aliphatic heterocycles. The van der Waals surface area contributed by atoms with E-state index in [2.05, 4.69) is 41.5 Å². The number of esters is 3. The van der Waals surface area contributed by atoms with Crippen molar-refractivity contribution in [2.24, 2.45) is 17.8 Å². The Kier molecular flexibility index (Phi) is 52.0. The number of carbonyl (C=O) groups excluding carboxylic acids is 3. The maximum absolute atomic E-state index is 12.8. The van der Waals surface area contributed by atoms with Crippen molar-refractivity contribution in [3.8, 4) is 0 Å². The van der Waals surface area contributed by atoms with Crippen LogP contribution in [0.25, 0.3) is 0 Å². The smallest absolute Gasteiger partial charge is 0.306 e. The van der Waals surface area contributed by atoms with E-state index in [1.54, 1.807) is 0 Å². The Hall–Kier alpha value is -1.59. The lowest BCUT2D eigenvalue weighted by Crippen LogP contribution is -2.30. The van der Waals surface area contributed by atoms with Crippen molar-refractivity contribution in [1.82, 2.24) is 0 Å². The quantitative estimate of drug-likeness (QED) is 0.0343. The molecular weight excluding hydrogens is 841 g/mol. The van der Waals surface area contributed by atoms with Gasteiger partial charge < -0.3 is 14.2 Å². The molecule has 404 valence electrons. The number of hydrogen-bond donors (Lipinski definition) is 0. The fraction of sp³-hybridized carbons (Fsp3) is 0.952. The molecule has 0 N–H and O–H groups in total. The average Bonchev–Trinajstić information content (AvgIpc) is 3.30. The minimum absolute atomic E-state index is 0.0634. The predicted molar refractivity (Wildman–Crippen MR) is 293 cm³/mol. The minimum Gasteiger partial charge on any atom is -0.462 e. The highest BCUT2D eigenvalue weighted by atomic mass is 16.6. The zero-order valence-electron chi connectivity index (χ0n) is 46.9. The van der Waals surface area contributed by atoms with Gasteiger partial charge in [-0.2, -0.15) is 0 Å². The van der Waals surface area contributed by atoms with Gasteiger partial charge in [0.25, 0.3) is 0 Å². The highest BCUT2D eigenvalue weighted by molar-refractivity contribution is 5.71. The average molecular weight is 962 g/mol. The number of rotatable bonds is 55. The van der Waals surface area contributed by atoms with Gasteiger partial charge in [-0.3, -0.25) is 14.4 Å². The van der Waals surface area contributed by atoms with Crippen LogP contribution in [0.3, 0.4) is 0 Å². The lowest BCUT2D eigenvalue weighted by Gasteiger charge is -2.18. The van der Waals surface area contributed by atoms with Gasteiger partial charge in [0.15, 0.2) is 6.10 Å². The molecule has 0 fully saturated rings. The maximum Gasteiger partial charge on any atom is 0.306 e. The first-order valence-corrected chi connectivity index (χ1v) is 30.6. The van der Waals surface area contributed by atoms with Crippen molar-refractivity contribution in [2.45, 2.75) is 349 Å². The van der Waals surface area contributed by atoms with E-state index in [1.807, 2.05) is 0 Å². The molecule has 0 bridgehead atoms. The minimum atomic E-state index is -0.764. The fourth-order valence-electron chi connectivity index (χ4n) is 9.53. The van der Waals surface area contributed by atoms with Gasteiger partial charge in [0.1, 0.15) is 13.2 Å². The molecule has 0 aromatic rings. The number of carbonyl (C=O) groups is 3. The lowest BCUT2D eigenvalue weighted by molar-refractivity contribution is -0.167. The molecule has 0 unspecified atom stereocenters. The largest absolute Gasteiger partial charge is 0.462 e. The van der Waals surface area contributed by atoms with Crippen LogP contribution in [0.5, 0.6) is 0 Å². The first kappa shape index (κ1) is 66.4. The van der Waals surface area contributed by atoms with Crippen LogP contribution in [0.15, 0.2) is 0 Å². The summed E-state index contributed by atoms with van der Waals surface area (Å²) in [6.45, 7) is 13.8. The second-order valence-electron chi connectivity index (χ2n) is 22.8. The highest BCUT2D eigenvalue weighted by Gasteiger charge is 2.19. The molecule has 0 heterocycles. The van der Waals surface area contributed by atoms with E-state index in [-0.39, 0.29) is 31.1 Å². The van der Waals surface area contributed by atoms with Crippen LogP contribution >= 0.6 is 0 Å². The van der Waals surface area contributed by atoms with Crippen LogP contribution in [0.1, 0.15) is 343 Å². The van der Waals surface area contributed by atoms with E-state index in [0.29, 0.717) is 19.3 Å². The molecule has 0 aromatic carbocycles. The number of hydrogen-bond acceptors (Lipinski definition) is 6. The van der Waals surface area contributed by atoms with E-state index in [1.165, 1.54) is 225 Å². The van der Waals surface area contributed by atoms with E-state index in [0.717, 1.165) is 75.5 Å². The zero-order chi connectivity index (χ0) is 49.8. The van der Waals surface area contributed by atoms with E-state index < -0.39 is 6.10 Å². The summed E-state index contributed by atoms with van der Waals surface area (Å²) in [5, 5.41) is 0. The van der Waals surface area contributed by atoms with Gasteiger partial charge in [-0.05, 0) is 37.0 Å². The topological polar surface area (TPSA) is 78.9 Å². The molecule has 0 radical (unpaired) electrons. The van der Waals surface area contributed by atoms with Crippen molar-refractivity contribution >= 4 is 17.9 Å². The Labute approximate surface area is 425 Å². The molecule has 68 heavy (non-hydrogen) atoms. The molecule has 6 heteroatoms. The molecule has 0 amide bonds. The molecule has 0 spiro atoms. The van der Waals surface area contributed by atoms with E-state index >= 15 is 0 Å². The summed E-state index contributed by atoms with van der Waals surface area (Å²) in [4.78, 5) is 38.2. The highest BCUT2D eigenvalue weighted by Crippen LogP contribution is 2.19. The van der Waals surface area contributed by atoms with Crippen molar-refractivity contribution in [3.63, 3.8) is 0 Å². The van der Waals surface area contributed by atoms with Gasteiger partial charge in [0, 0.05) is 19.3 Å². The standard InChI is InChI=1S/C62H120O6/c1-56(2)48-42-36-30-24-19-15-11-9-7-8-10-12-17-21-27-33-39-45-51-60(63)66-54-59(68-62(65)53-47-41-35-29-23-26-32-38-44-50-58(5)6)55-67-61(64)52-46-40-34-28-22-18-14-13-16-20-25-31-37-43-49-57(3)4/h56-59H,7-55H2,1-6H3/t59-/m0/s1. The Morgan fingerprint density at radius 3 is 0.632 bits per heavy atom. The van der Waals surface area contributed by atoms with Crippen molar-refractivity contribution in [1.29, 1.82) is 0 Å². The Bertz CT molecular complexity index is 1050. The van der Waals surface area contributed by atoms with Crippen molar-refractivity contribution < 1.29 is 28.6 Å². The van der Waals surface area contributed by atoms with Crippen LogP contribution in [-0.4, -0.2) is 37.2 Å². The second-order valence-corrected chi connectivity index (χ2v) is 22.8. The zero-order valence-corrected chi connectivity index (χ0v) is 46.9. The van der Waals surface area contributed by atoms with Gasteiger partial charge in [-0.15, -0.1) is 0 Å². The summed E-state index contributed by atoms with van der Waals surface area (Å²) < 4.78 is 16.9. The molecule has 0 saturated carbocycles. The Balaban J connectivity index is 4.23. The molecule has 1 atom stereocenters. The maximum atomic E-state index is 12.8. The molecule has 6 nitrogen and oxygen atoms in total. The summed E-state index contributed by atoms with van der Waals surface area (Å²) >= 11 is 0. The van der Waals surface area contributed by atoms with Gasteiger partial charge in [-0.25, -0.2) is 0 Å². The third-order valence-electron chi connectivity index (χ3n) is 14.1. The van der Waals surface area contributed by atoms with Crippen LogP contribution in [0, 0.1) is 17.8 Å². The first-order chi connectivity index (χ1) is 33.1. The molecule has 0 aliphatic rings. The van der Waals surface area contributed by atoms with Crippen LogP contribution in [0.2, 0.25) is 0 Å². The SMILES string of the molecule is CC(C)CCCCCCCCCCCCCCCCCCCCC(=O)OC[C@@H](COC(=O)CCCCCCCCCCCCCCCCC(C)C)OC(=O)CCCCCCCCCCCC(C)C. The predicted octanol–water partition coefficient (Wildman–Crippen LogP) is 20.3. The third-order valence-corrected chi connectivity index (χ3v) is 14.1. The molecule has 0 aliphatic carbocycles. The van der Waals surface area contributed by atoms with Gasteiger partial charge in [-0.1, -0.05) is 305 Å². The molecule has 0 aromatic heterocycles. The van der Waals surface area contributed by atoms with E-state index in [4.69, 9.17) is 14.2 Å². The molecular formula is C62H120O6. The Morgan fingerprint density at radius 2 is 0.426 bits per heavy atom. The van der Waals surface area contributed by atoms with Gasteiger partial charge in [0.2, 0.25) is 0 Å².